The molecule has 5 nitrogen and oxygen atoms in total. The van der Waals surface area contributed by atoms with Crippen LogP contribution in [0.4, 0.5) is 0 Å². The van der Waals surface area contributed by atoms with Crippen LogP contribution in [0.5, 0.6) is 11.5 Å². The number of benzene rings is 1. The zero-order valence-electron chi connectivity index (χ0n) is 14.0. The maximum absolute atomic E-state index is 13.0. The first-order chi connectivity index (χ1) is 12.7. The Balaban J connectivity index is 1.53. The molecule has 0 saturated heterocycles. The summed E-state index contributed by atoms with van der Waals surface area (Å²) in [5.74, 6) is 1.41. The molecule has 6 heteroatoms. The molecule has 1 aliphatic carbocycles. The summed E-state index contributed by atoms with van der Waals surface area (Å²) in [4.78, 5) is 26.5. The van der Waals surface area contributed by atoms with Crippen molar-refractivity contribution in [2.24, 2.45) is 0 Å². The summed E-state index contributed by atoms with van der Waals surface area (Å²) in [6.07, 6.45) is 1.48. The van der Waals surface area contributed by atoms with Crippen molar-refractivity contribution in [3.05, 3.63) is 57.4 Å². The number of rotatable bonds is 2. The zero-order valence-corrected chi connectivity index (χ0v) is 14.8. The van der Waals surface area contributed by atoms with Crippen molar-refractivity contribution < 1.29 is 19.1 Å². The monoisotopic (exact) mass is 367 g/mol. The predicted octanol–water partition coefficient (Wildman–Crippen LogP) is 3.48. The number of Topliss-reactive ketones (excluding diaryl/α,β-unsaturated/α-hetero) is 1. The summed E-state index contributed by atoms with van der Waals surface area (Å²) in [5, 5.41) is 4.99. The van der Waals surface area contributed by atoms with Crippen LogP contribution < -0.4 is 14.8 Å². The number of carbonyl (C=O) groups excluding carboxylic acids is 2. The molecule has 0 fully saturated rings. The lowest BCUT2D eigenvalue weighted by Gasteiger charge is -2.34. The molecule has 2 atom stereocenters. The number of thiophene rings is 1. The molecular weight excluding hydrogens is 350 g/mol. The minimum atomic E-state index is -0.218. The first kappa shape index (κ1) is 15.6. The van der Waals surface area contributed by atoms with Gasteiger partial charge in [-0.05, 0) is 35.6 Å². The number of hydrogen-bond acceptors (Lipinski definition) is 5. The van der Waals surface area contributed by atoms with Gasteiger partial charge in [0, 0.05) is 40.8 Å². The fourth-order valence-electron chi connectivity index (χ4n) is 4.10. The molecule has 2 unspecified atom stereocenters. The Morgan fingerprint density at radius 1 is 1.04 bits per heavy atom. The number of ether oxygens (including phenoxy) is 2. The number of allylic oxidation sites excluding steroid dienone is 2. The predicted molar refractivity (Wildman–Crippen MR) is 96.4 cm³/mol. The number of nitrogens with one attached hydrogen (secondary N) is 1. The van der Waals surface area contributed by atoms with E-state index in [1.165, 1.54) is 4.88 Å². The van der Waals surface area contributed by atoms with E-state index in [0.717, 1.165) is 16.8 Å². The van der Waals surface area contributed by atoms with Gasteiger partial charge in [-0.1, -0.05) is 12.1 Å². The Hall–Kier alpha value is -2.60. The van der Waals surface area contributed by atoms with Gasteiger partial charge in [-0.2, -0.15) is 0 Å². The topological polar surface area (TPSA) is 64.6 Å². The normalized spacial score (nSPS) is 24.5. The molecule has 3 heterocycles. The third kappa shape index (κ3) is 2.52. The lowest BCUT2D eigenvalue weighted by molar-refractivity contribution is -0.122. The van der Waals surface area contributed by atoms with E-state index in [4.69, 9.17) is 9.47 Å². The van der Waals surface area contributed by atoms with Gasteiger partial charge in [-0.25, -0.2) is 0 Å². The third-order valence-electron chi connectivity index (χ3n) is 5.28. The molecule has 5 rings (SSSR count). The Bertz CT molecular complexity index is 931. The van der Waals surface area contributed by atoms with Crippen LogP contribution in [0.3, 0.4) is 0 Å². The molecule has 132 valence electrons. The van der Waals surface area contributed by atoms with E-state index in [1.54, 1.807) is 11.3 Å². The second-order valence-corrected chi connectivity index (χ2v) is 7.83. The molecule has 0 saturated carbocycles. The lowest BCUT2D eigenvalue weighted by atomic mass is 9.74. The van der Waals surface area contributed by atoms with E-state index in [-0.39, 0.29) is 36.7 Å². The van der Waals surface area contributed by atoms with Gasteiger partial charge in [-0.15, -0.1) is 11.3 Å². The minimum absolute atomic E-state index is 0.0361. The summed E-state index contributed by atoms with van der Waals surface area (Å²) in [5.41, 5.74) is 2.48. The highest BCUT2D eigenvalue weighted by Crippen LogP contribution is 2.45. The minimum Gasteiger partial charge on any atom is -0.454 e. The number of fused-ring (bicyclic) bond motifs is 1. The van der Waals surface area contributed by atoms with Crippen LogP contribution in [0.25, 0.3) is 0 Å². The van der Waals surface area contributed by atoms with E-state index < -0.39 is 0 Å². The Morgan fingerprint density at radius 3 is 2.77 bits per heavy atom. The summed E-state index contributed by atoms with van der Waals surface area (Å²) < 4.78 is 10.8. The number of ketones is 1. The average Bonchev–Trinajstić information content (AvgIpc) is 3.31. The van der Waals surface area contributed by atoms with Crippen molar-refractivity contribution in [1.82, 2.24) is 5.32 Å². The van der Waals surface area contributed by atoms with E-state index in [2.05, 4.69) is 11.4 Å². The lowest BCUT2D eigenvalue weighted by Crippen LogP contribution is -2.38. The standard InChI is InChI=1S/C20H17NO4S/c22-15-7-12(18-2-1-5-26-18)6-14-20(15)13(9-19(23)21-14)11-3-4-16-17(8-11)25-10-24-16/h1-5,8,12-13H,6-7,9-10H2,(H,21,23). The highest BCUT2D eigenvalue weighted by atomic mass is 32.1. The molecule has 1 N–H and O–H groups in total. The van der Waals surface area contributed by atoms with Crippen LogP contribution in [0.2, 0.25) is 0 Å². The Kier molecular flexibility index (Phi) is 3.60. The van der Waals surface area contributed by atoms with Crippen LogP contribution >= 0.6 is 11.3 Å². The van der Waals surface area contributed by atoms with Gasteiger partial charge in [0.2, 0.25) is 12.7 Å². The molecule has 1 aromatic carbocycles. The molecule has 3 aliphatic rings. The highest BCUT2D eigenvalue weighted by Gasteiger charge is 2.38. The molecule has 1 aromatic heterocycles. The van der Waals surface area contributed by atoms with Crippen molar-refractivity contribution >= 4 is 23.0 Å². The van der Waals surface area contributed by atoms with E-state index in [0.29, 0.717) is 24.3 Å². The van der Waals surface area contributed by atoms with Gasteiger partial charge in [0.15, 0.2) is 17.3 Å². The fraction of sp³-hybridized carbons (Fsp3) is 0.300. The van der Waals surface area contributed by atoms with E-state index >= 15 is 0 Å². The first-order valence-corrected chi connectivity index (χ1v) is 9.56. The van der Waals surface area contributed by atoms with E-state index in [1.807, 2.05) is 29.6 Å². The van der Waals surface area contributed by atoms with Crippen molar-refractivity contribution in [2.75, 3.05) is 6.79 Å². The van der Waals surface area contributed by atoms with Crippen molar-refractivity contribution in [2.45, 2.75) is 31.1 Å². The van der Waals surface area contributed by atoms with Crippen LogP contribution in [-0.4, -0.2) is 18.5 Å². The van der Waals surface area contributed by atoms with Crippen LogP contribution in [0.1, 0.15) is 41.5 Å². The molecule has 1 amide bonds. The zero-order chi connectivity index (χ0) is 17.7. The molecule has 0 bridgehead atoms. The Labute approximate surface area is 154 Å². The maximum Gasteiger partial charge on any atom is 0.231 e. The molecule has 26 heavy (non-hydrogen) atoms. The van der Waals surface area contributed by atoms with Gasteiger partial charge in [0.05, 0.1) is 0 Å². The van der Waals surface area contributed by atoms with Gasteiger partial charge >= 0.3 is 0 Å². The number of carbonyl (C=O) groups is 2. The van der Waals surface area contributed by atoms with Crippen LogP contribution in [0, 0.1) is 0 Å². The molecular formula is C20H17NO4S. The molecule has 0 spiro atoms. The van der Waals surface area contributed by atoms with Gasteiger partial charge in [-0.3, -0.25) is 9.59 Å². The summed E-state index contributed by atoms with van der Waals surface area (Å²) in [7, 11) is 0. The summed E-state index contributed by atoms with van der Waals surface area (Å²) >= 11 is 1.66. The number of amides is 1. The first-order valence-electron chi connectivity index (χ1n) is 8.68. The van der Waals surface area contributed by atoms with Gasteiger partial charge in [0.25, 0.3) is 0 Å². The summed E-state index contributed by atoms with van der Waals surface area (Å²) in [6.45, 7) is 0.208. The number of hydrogen-bond donors (Lipinski definition) is 1. The molecule has 2 aromatic rings. The van der Waals surface area contributed by atoms with Crippen LogP contribution in [-0.2, 0) is 9.59 Å². The van der Waals surface area contributed by atoms with Crippen molar-refractivity contribution in [3.63, 3.8) is 0 Å². The maximum atomic E-state index is 13.0. The smallest absolute Gasteiger partial charge is 0.231 e. The second-order valence-electron chi connectivity index (χ2n) is 6.85. The largest absolute Gasteiger partial charge is 0.454 e. The van der Waals surface area contributed by atoms with Gasteiger partial charge < -0.3 is 14.8 Å². The van der Waals surface area contributed by atoms with Crippen molar-refractivity contribution in [3.8, 4) is 11.5 Å². The van der Waals surface area contributed by atoms with Crippen molar-refractivity contribution in [1.29, 1.82) is 0 Å². The molecule has 0 radical (unpaired) electrons. The second kappa shape index (κ2) is 5.99. The molecule has 2 aliphatic heterocycles. The summed E-state index contributed by atoms with van der Waals surface area (Å²) in [6, 6.07) is 9.75. The quantitative estimate of drug-likeness (QED) is 0.883. The SMILES string of the molecule is O=C1CC(c2ccc3c(c2)OCO3)C2=C(CC(c3cccs3)CC2=O)N1. The fourth-order valence-corrected chi connectivity index (χ4v) is 4.93. The highest BCUT2D eigenvalue weighted by molar-refractivity contribution is 7.10. The average molecular weight is 367 g/mol. The van der Waals surface area contributed by atoms with Crippen LogP contribution in [0.15, 0.2) is 47.0 Å². The van der Waals surface area contributed by atoms with Gasteiger partial charge in [0.1, 0.15) is 0 Å². The third-order valence-corrected chi connectivity index (χ3v) is 6.32. The Morgan fingerprint density at radius 2 is 1.92 bits per heavy atom. The van der Waals surface area contributed by atoms with E-state index in [9.17, 15) is 9.59 Å².